The van der Waals surface area contributed by atoms with Crippen LogP contribution in [0.4, 0.5) is 0 Å². The van der Waals surface area contributed by atoms with Crippen molar-refractivity contribution in [2.45, 2.75) is 50.7 Å². The summed E-state index contributed by atoms with van der Waals surface area (Å²) < 4.78 is 28.5. The van der Waals surface area contributed by atoms with Gasteiger partial charge in [0.25, 0.3) is 10.0 Å². The molecular weight excluding hydrogens is 264 g/mol. The van der Waals surface area contributed by atoms with Crippen molar-refractivity contribution in [2.24, 2.45) is 5.73 Å². The lowest BCUT2D eigenvalue weighted by atomic mass is 10.5. The molecule has 2 rings (SSSR count). The number of sulfonamides is 1. The molecular formula is C12H22N4O2S. The largest absolute Gasteiger partial charge is 0.334 e. The molecule has 0 atom stereocenters. The molecule has 0 unspecified atom stereocenters. The SMILES string of the molecule is CCCn1cc(S(=O)(=O)N(CCN)C2CC2)nc1C. The van der Waals surface area contributed by atoms with Crippen LogP contribution in [0.3, 0.4) is 0 Å². The minimum absolute atomic E-state index is 0.116. The maximum Gasteiger partial charge on any atom is 0.262 e. The van der Waals surface area contributed by atoms with Crippen LogP contribution in [0.2, 0.25) is 0 Å². The van der Waals surface area contributed by atoms with E-state index in [0.717, 1.165) is 31.6 Å². The lowest BCUT2D eigenvalue weighted by Gasteiger charge is -2.19. The average molecular weight is 286 g/mol. The second kappa shape index (κ2) is 5.60. The summed E-state index contributed by atoms with van der Waals surface area (Å²) in [7, 11) is -3.50. The smallest absolute Gasteiger partial charge is 0.262 e. The Balaban J connectivity index is 2.29. The van der Waals surface area contributed by atoms with Crippen LogP contribution in [0.25, 0.3) is 0 Å². The zero-order valence-electron chi connectivity index (χ0n) is 11.5. The molecule has 6 nitrogen and oxygen atoms in total. The molecule has 7 heteroatoms. The number of hydrogen-bond acceptors (Lipinski definition) is 4. The van der Waals surface area contributed by atoms with Gasteiger partial charge in [0.05, 0.1) is 0 Å². The van der Waals surface area contributed by atoms with Crippen LogP contribution >= 0.6 is 0 Å². The van der Waals surface area contributed by atoms with Crippen molar-refractivity contribution in [1.82, 2.24) is 13.9 Å². The second-order valence-electron chi connectivity index (χ2n) is 4.96. The van der Waals surface area contributed by atoms with Crippen molar-refractivity contribution >= 4 is 10.0 Å². The standard InChI is InChI=1S/C12H22N4O2S/c1-3-7-15-9-12(14-10(15)2)19(17,18)16(8-6-13)11-4-5-11/h9,11H,3-8,13H2,1-2H3. The van der Waals surface area contributed by atoms with Crippen molar-refractivity contribution in [3.05, 3.63) is 12.0 Å². The first-order chi connectivity index (χ1) is 9.00. The average Bonchev–Trinajstić information content (AvgIpc) is 3.12. The number of hydrogen-bond donors (Lipinski definition) is 1. The molecule has 0 aliphatic heterocycles. The van der Waals surface area contributed by atoms with Crippen molar-refractivity contribution in [3.63, 3.8) is 0 Å². The number of nitrogens with zero attached hydrogens (tertiary/aromatic N) is 3. The van der Waals surface area contributed by atoms with Gasteiger partial charge in [-0.3, -0.25) is 0 Å². The number of aromatic nitrogens is 2. The van der Waals surface area contributed by atoms with E-state index in [4.69, 9.17) is 5.73 Å². The third kappa shape index (κ3) is 2.98. The molecule has 108 valence electrons. The van der Waals surface area contributed by atoms with E-state index in [2.05, 4.69) is 11.9 Å². The molecule has 1 saturated carbocycles. The summed E-state index contributed by atoms with van der Waals surface area (Å²) in [4.78, 5) is 4.21. The van der Waals surface area contributed by atoms with Crippen LogP contribution in [0.5, 0.6) is 0 Å². The maximum absolute atomic E-state index is 12.6. The highest BCUT2D eigenvalue weighted by atomic mass is 32.2. The number of aryl methyl sites for hydroxylation is 2. The molecule has 0 amide bonds. The summed E-state index contributed by atoms with van der Waals surface area (Å²) in [6, 6.07) is 0.116. The minimum atomic E-state index is -3.50. The Morgan fingerprint density at radius 2 is 2.21 bits per heavy atom. The molecule has 0 radical (unpaired) electrons. The Hall–Kier alpha value is -0.920. The van der Waals surface area contributed by atoms with E-state index in [-0.39, 0.29) is 11.1 Å². The first-order valence-corrected chi connectivity index (χ1v) is 8.20. The predicted octanol–water partition coefficient (Wildman–Crippen LogP) is 0.713. The van der Waals surface area contributed by atoms with E-state index in [1.54, 1.807) is 6.20 Å². The molecule has 0 aromatic carbocycles. The van der Waals surface area contributed by atoms with Gasteiger partial charge in [-0.2, -0.15) is 4.31 Å². The molecule has 1 aromatic heterocycles. The Morgan fingerprint density at radius 1 is 1.53 bits per heavy atom. The fourth-order valence-electron chi connectivity index (χ4n) is 2.18. The van der Waals surface area contributed by atoms with Gasteiger partial charge in [-0.25, -0.2) is 13.4 Å². The summed E-state index contributed by atoms with van der Waals surface area (Å²) >= 11 is 0. The third-order valence-electron chi connectivity index (χ3n) is 3.30. The second-order valence-corrected chi connectivity index (χ2v) is 6.79. The molecule has 1 aliphatic carbocycles. The minimum Gasteiger partial charge on any atom is -0.334 e. The quantitative estimate of drug-likeness (QED) is 0.800. The van der Waals surface area contributed by atoms with Gasteiger partial charge in [0.2, 0.25) is 0 Å². The van der Waals surface area contributed by atoms with E-state index >= 15 is 0 Å². The summed E-state index contributed by atoms with van der Waals surface area (Å²) in [5.74, 6) is 0.740. The van der Waals surface area contributed by atoms with Crippen LogP contribution in [0.1, 0.15) is 32.0 Å². The van der Waals surface area contributed by atoms with Crippen LogP contribution in [-0.2, 0) is 16.6 Å². The summed E-state index contributed by atoms with van der Waals surface area (Å²) in [6.07, 6.45) is 4.44. The van der Waals surface area contributed by atoms with E-state index in [1.165, 1.54) is 4.31 Å². The van der Waals surface area contributed by atoms with Gasteiger partial charge in [-0.15, -0.1) is 0 Å². The van der Waals surface area contributed by atoms with E-state index in [1.807, 2.05) is 11.5 Å². The molecule has 0 spiro atoms. The summed E-state index contributed by atoms with van der Waals surface area (Å²) in [5, 5.41) is 0.152. The molecule has 2 N–H and O–H groups in total. The van der Waals surface area contributed by atoms with E-state index in [0.29, 0.717) is 13.1 Å². The normalized spacial score (nSPS) is 16.2. The van der Waals surface area contributed by atoms with Gasteiger partial charge in [-0.1, -0.05) is 6.92 Å². The zero-order chi connectivity index (χ0) is 14.0. The molecule has 1 heterocycles. The first kappa shape index (κ1) is 14.5. The van der Waals surface area contributed by atoms with Crippen LogP contribution in [-0.4, -0.2) is 41.4 Å². The monoisotopic (exact) mass is 286 g/mol. The van der Waals surface area contributed by atoms with Gasteiger partial charge >= 0.3 is 0 Å². The van der Waals surface area contributed by atoms with Crippen molar-refractivity contribution in [3.8, 4) is 0 Å². The number of rotatable bonds is 7. The van der Waals surface area contributed by atoms with Crippen LogP contribution in [0, 0.1) is 6.92 Å². The van der Waals surface area contributed by atoms with Crippen molar-refractivity contribution < 1.29 is 8.42 Å². The molecule has 1 fully saturated rings. The van der Waals surface area contributed by atoms with Crippen LogP contribution < -0.4 is 5.73 Å². The molecule has 0 saturated heterocycles. The Kier molecular flexibility index (Phi) is 4.27. The first-order valence-electron chi connectivity index (χ1n) is 6.76. The van der Waals surface area contributed by atoms with Gasteiger partial charge in [-0.05, 0) is 26.2 Å². The third-order valence-corrected chi connectivity index (χ3v) is 5.12. The van der Waals surface area contributed by atoms with Gasteiger partial charge < -0.3 is 10.3 Å². The lowest BCUT2D eigenvalue weighted by molar-refractivity contribution is 0.409. The Bertz CT molecular complexity index is 534. The van der Waals surface area contributed by atoms with Gasteiger partial charge in [0.1, 0.15) is 5.82 Å². The lowest BCUT2D eigenvalue weighted by Crippen LogP contribution is -2.37. The van der Waals surface area contributed by atoms with Crippen molar-refractivity contribution in [2.75, 3.05) is 13.1 Å². The predicted molar refractivity (Wildman–Crippen MR) is 73.2 cm³/mol. The number of nitrogens with two attached hydrogens (primary N) is 1. The fourth-order valence-corrected chi connectivity index (χ4v) is 3.88. The van der Waals surface area contributed by atoms with Gasteiger partial charge in [0.15, 0.2) is 5.03 Å². The van der Waals surface area contributed by atoms with E-state index < -0.39 is 10.0 Å². The fraction of sp³-hybridized carbons (Fsp3) is 0.750. The summed E-state index contributed by atoms with van der Waals surface area (Å²) in [6.45, 7) is 5.38. The highest BCUT2D eigenvalue weighted by Crippen LogP contribution is 2.31. The highest BCUT2D eigenvalue weighted by Gasteiger charge is 2.38. The Labute approximate surface area is 114 Å². The van der Waals surface area contributed by atoms with Crippen LogP contribution in [0.15, 0.2) is 11.2 Å². The molecule has 19 heavy (non-hydrogen) atoms. The topological polar surface area (TPSA) is 81.2 Å². The number of imidazole rings is 1. The van der Waals surface area contributed by atoms with Gasteiger partial charge in [0, 0.05) is 31.9 Å². The molecule has 0 bridgehead atoms. The summed E-state index contributed by atoms with van der Waals surface area (Å²) in [5.41, 5.74) is 5.52. The zero-order valence-corrected chi connectivity index (χ0v) is 12.4. The molecule has 1 aliphatic rings. The maximum atomic E-state index is 12.6. The highest BCUT2D eigenvalue weighted by molar-refractivity contribution is 7.89. The van der Waals surface area contributed by atoms with Crippen molar-refractivity contribution in [1.29, 1.82) is 0 Å². The van der Waals surface area contributed by atoms with E-state index in [9.17, 15) is 8.42 Å². The molecule has 1 aromatic rings. The Morgan fingerprint density at radius 3 is 2.74 bits per heavy atom.